The van der Waals surface area contributed by atoms with Gasteiger partial charge in [0.15, 0.2) is 0 Å². The summed E-state index contributed by atoms with van der Waals surface area (Å²) in [6, 6.07) is 2.31. The molecule has 24 heavy (non-hydrogen) atoms. The number of likely N-dealkylation sites (tertiary alicyclic amines) is 1. The molecule has 0 saturated carbocycles. The molecule has 0 radical (unpaired) electrons. The van der Waals surface area contributed by atoms with Gasteiger partial charge in [-0.15, -0.1) is 0 Å². The first-order valence-corrected chi connectivity index (χ1v) is 8.35. The van der Waals surface area contributed by atoms with Gasteiger partial charge in [-0.2, -0.15) is 5.10 Å². The first-order chi connectivity index (χ1) is 11.7. The molecule has 126 valence electrons. The van der Waals surface area contributed by atoms with Crippen molar-refractivity contribution in [3.63, 3.8) is 0 Å². The number of amides is 1. The quantitative estimate of drug-likeness (QED) is 0.820. The van der Waals surface area contributed by atoms with Crippen LogP contribution in [0.25, 0.3) is 0 Å². The SMILES string of the molecule is CC(=O)N1[C@H](Cn2cncn2)C[C@@H]2CN(c3ncccn3)CC[C@@H]21. The molecule has 4 rings (SSSR count). The van der Waals surface area contributed by atoms with Gasteiger partial charge < -0.3 is 9.80 Å². The summed E-state index contributed by atoms with van der Waals surface area (Å²) >= 11 is 0. The molecule has 0 unspecified atom stereocenters. The van der Waals surface area contributed by atoms with Crippen molar-refractivity contribution in [1.82, 2.24) is 29.6 Å². The fraction of sp³-hybridized carbons (Fsp3) is 0.562. The third-order valence-corrected chi connectivity index (χ3v) is 5.08. The van der Waals surface area contributed by atoms with Crippen molar-refractivity contribution in [2.24, 2.45) is 5.92 Å². The van der Waals surface area contributed by atoms with Crippen LogP contribution in [0, 0.1) is 5.92 Å². The van der Waals surface area contributed by atoms with E-state index in [9.17, 15) is 4.79 Å². The monoisotopic (exact) mass is 327 g/mol. The number of carbonyl (C=O) groups excluding carboxylic acids is 1. The second-order valence-electron chi connectivity index (χ2n) is 6.54. The zero-order valence-corrected chi connectivity index (χ0v) is 13.7. The van der Waals surface area contributed by atoms with Gasteiger partial charge in [0.25, 0.3) is 0 Å². The molecule has 2 aliphatic heterocycles. The van der Waals surface area contributed by atoms with E-state index in [-0.39, 0.29) is 11.9 Å². The highest BCUT2D eigenvalue weighted by Crippen LogP contribution is 2.37. The number of nitrogens with zero attached hydrogens (tertiary/aromatic N) is 7. The highest BCUT2D eigenvalue weighted by Gasteiger charge is 2.45. The van der Waals surface area contributed by atoms with Crippen LogP contribution in [-0.2, 0) is 11.3 Å². The summed E-state index contributed by atoms with van der Waals surface area (Å²) in [5, 5.41) is 4.19. The van der Waals surface area contributed by atoms with Crippen LogP contribution in [0.15, 0.2) is 31.1 Å². The summed E-state index contributed by atoms with van der Waals surface area (Å²) in [4.78, 5) is 29.3. The summed E-state index contributed by atoms with van der Waals surface area (Å²) in [7, 11) is 0. The van der Waals surface area contributed by atoms with E-state index in [2.05, 4.69) is 29.9 Å². The van der Waals surface area contributed by atoms with Gasteiger partial charge in [0.1, 0.15) is 12.7 Å². The van der Waals surface area contributed by atoms with Crippen LogP contribution < -0.4 is 4.90 Å². The standard InChI is InChI=1S/C16H21N7O/c1-12(24)23-14(9-22-11-17-10-20-22)7-13-8-21(6-3-15(13)23)16-18-4-2-5-19-16/h2,4-5,10-11,13-15H,3,6-9H2,1H3/t13-,14+,15+/m1/s1. The predicted octanol–water partition coefficient (Wildman–Crippen LogP) is 0.584. The average Bonchev–Trinajstić information content (AvgIpc) is 3.22. The van der Waals surface area contributed by atoms with Crippen LogP contribution in [0.4, 0.5) is 5.95 Å². The average molecular weight is 327 g/mol. The van der Waals surface area contributed by atoms with Crippen molar-refractivity contribution in [2.75, 3.05) is 18.0 Å². The molecule has 2 aliphatic rings. The minimum atomic E-state index is 0.150. The molecular formula is C16H21N7O. The normalized spacial score (nSPS) is 26.5. The molecule has 2 fully saturated rings. The lowest BCUT2D eigenvalue weighted by Crippen LogP contribution is -2.49. The molecule has 2 saturated heterocycles. The molecule has 0 bridgehead atoms. The first-order valence-electron chi connectivity index (χ1n) is 8.35. The zero-order valence-electron chi connectivity index (χ0n) is 13.7. The minimum Gasteiger partial charge on any atom is -0.340 e. The number of aromatic nitrogens is 5. The molecule has 2 aromatic heterocycles. The second kappa shape index (κ2) is 6.18. The fourth-order valence-electron chi connectivity index (χ4n) is 4.18. The highest BCUT2D eigenvalue weighted by molar-refractivity contribution is 5.74. The molecule has 8 heteroatoms. The van der Waals surface area contributed by atoms with E-state index in [4.69, 9.17) is 0 Å². The number of fused-ring (bicyclic) bond motifs is 1. The Hall–Kier alpha value is -2.51. The molecule has 1 amide bonds. The Morgan fingerprint density at radius 2 is 2.17 bits per heavy atom. The number of hydrogen-bond acceptors (Lipinski definition) is 6. The van der Waals surface area contributed by atoms with Gasteiger partial charge in [-0.05, 0) is 24.8 Å². The van der Waals surface area contributed by atoms with Crippen LogP contribution in [0.1, 0.15) is 19.8 Å². The Labute approximate surface area is 140 Å². The molecule has 0 aromatic carbocycles. The van der Waals surface area contributed by atoms with Gasteiger partial charge in [0.05, 0.1) is 12.6 Å². The van der Waals surface area contributed by atoms with Crippen molar-refractivity contribution in [3.8, 4) is 0 Å². The third-order valence-electron chi connectivity index (χ3n) is 5.08. The zero-order chi connectivity index (χ0) is 16.5. The van der Waals surface area contributed by atoms with Crippen LogP contribution in [0.5, 0.6) is 0 Å². The van der Waals surface area contributed by atoms with Crippen molar-refractivity contribution in [1.29, 1.82) is 0 Å². The summed E-state index contributed by atoms with van der Waals surface area (Å²) in [5.41, 5.74) is 0. The van der Waals surface area contributed by atoms with Crippen LogP contribution in [0.3, 0.4) is 0 Å². The molecule has 8 nitrogen and oxygen atoms in total. The van der Waals surface area contributed by atoms with Gasteiger partial charge in [0.2, 0.25) is 11.9 Å². The maximum Gasteiger partial charge on any atom is 0.225 e. The Morgan fingerprint density at radius 1 is 1.33 bits per heavy atom. The third kappa shape index (κ3) is 2.72. The lowest BCUT2D eigenvalue weighted by atomic mass is 9.92. The Bertz CT molecular complexity index is 690. The maximum atomic E-state index is 12.2. The van der Waals surface area contributed by atoms with Crippen LogP contribution >= 0.6 is 0 Å². The number of hydrogen-bond donors (Lipinski definition) is 0. The van der Waals surface area contributed by atoms with Crippen molar-refractivity contribution < 1.29 is 4.79 Å². The smallest absolute Gasteiger partial charge is 0.225 e. The summed E-state index contributed by atoms with van der Waals surface area (Å²) < 4.78 is 1.82. The topological polar surface area (TPSA) is 80.0 Å². The van der Waals surface area contributed by atoms with Gasteiger partial charge in [0, 0.05) is 38.4 Å². The largest absolute Gasteiger partial charge is 0.340 e. The summed E-state index contributed by atoms with van der Waals surface area (Å²) in [6.07, 6.45) is 8.74. The van der Waals surface area contributed by atoms with Gasteiger partial charge >= 0.3 is 0 Å². The number of carbonyl (C=O) groups is 1. The van der Waals surface area contributed by atoms with E-state index in [1.165, 1.54) is 6.33 Å². The van der Waals surface area contributed by atoms with E-state index in [1.54, 1.807) is 25.6 Å². The maximum absolute atomic E-state index is 12.2. The van der Waals surface area contributed by atoms with Crippen molar-refractivity contribution in [2.45, 2.75) is 38.4 Å². The van der Waals surface area contributed by atoms with E-state index in [0.717, 1.165) is 31.9 Å². The molecule has 0 aliphatic carbocycles. The van der Waals surface area contributed by atoms with Gasteiger partial charge in [-0.25, -0.2) is 15.0 Å². The van der Waals surface area contributed by atoms with Crippen LogP contribution in [0.2, 0.25) is 0 Å². The molecular weight excluding hydrogens is 306 g/mol. The van der Waals surface area contributed by atoms with Gasteiger partial charge in [-0.1, -0.05) is 0 Å². The second-order valence-corrected chi connectivity index (χ2v) is 6.54. The van der Waals surface area contributed by atoms with Crippen LogP contribution in [-0.4, -0.2) is 60.7 Å². The molecule has 4 heterocycles. The Kier molecular flexibility index (Phi) is 3.87. The highest BCUT2D eigenvalue weighted by atomic mass is 16.2. The molecule has 2 aromatic rings. The predicted molar refractivity (Wildman–Crippen MR) is 87.1 cm³/mol. The van der Waals surface area contributed by atoms with E-state index >= 15 is 0 Å². The summed E-state index contributed by atoms with van der Waals surface area (Å²) in [5.74, 6) is 1.38. The van der Waals surface area contributed by atoms with E-state index in [0.29, 0.717) is 18.5 Å². The minimum absolute atomic E-state index is 0.150. The first kappa shape index (κ1) is 15.0. The fourth-order valence-corrected chi connectivity index (χ4v) is 4.18. The number of piperidine rings is 1. The lowest BCUT2D eigenvalue weighted by Gasteiger charge is -2.38. The van der Waals surface area contributed by atoms with Crippen molar-refractivity contribution in [3.05, 3.63) is 31.1 Å². The molecule has 0 spiro atoms. The summed E-state index contributed by atoms with van der Waals surface area (Å²) in [6.45, 7) is 4.15. The van der Waals surface area contributed by atoms with E-state index < -0.39 is 0 Å². The van der Waals surface area contributed by atoms with Crippen molar-refractivity contribution >= 4 is 11.9 Å². The van der Waals surface area contributed by atoms with Gasteiger partial charge in [-0.3, -0.25) is 9.48 Å². The Morgan fingerprint density at radius 3 is 2.88 bits per heavy atom. The molecule has 3 atom stereocenters. The molecule has 0 N–H and O–H groups in total. The Balaban J connectivity index is 1.51. The number of rotatable bonds is 3. The number of anilines is 1. The van der Waals surface area contributed by atoms with E-state index in [1.807, 2.05) is 10.7 Å². The lowest BCUT2D eigenvalue weighted by molar-refractivity contribution is -0.132.